The molecule has 5 nitrogen and oxygen atoms in total. The number of anilines is 1. The highest BCUT2D eigenvalue weighted by Crippen LogP contribution is 2.25. The van der Waals surface area contributed by atoms with Crippen LogP contribution in [0.15, 0.2) is 6.20 Å². The van der Waals surface area contributed by atoms with Gasteiger partial charge in [-0.05, 0) is 19.3 Å². The molecule has 5 heteroatoms. The van der Waals surface area contributed by atoms with Crippen molar-refractivity contribution in [1.82, 2.24) is 9.97 Å². The molecule has 2 rings (SSSR count). The molecule has 2 heterocycles. The first-order valence-electron chi connectivity index (χ1n) is 6.00. The molecule has 1 amide bonds. The Labute approximate surface area is 101 Å². The van der Waals surface area contributed by atoms with E-state index in [1.807, 2.05) is 6.92 Å². The minimum Gasteiger partial charge on any atom is -0.364 e. The van der Waals surface area contributed by atoms with E-state index in [9.17, 15) is 4.79 Å². The molecule has 0 saturated carbocycles. The van der Waals surface area contributed by atoms with E-state index in [4.69, 9.17) is 5.73 Å². The third-order valence-electron chi connectivity index (χ3n) is 3.34. The van der Waals surface area contributed by atoms with Gasteiger partial charge in [-0.2, -0.15) is 0 Å². The van der Waals surface area contributed by atoms with Crippen molar-refractivity contribution in [2.24, 2.45) is 11.7 Å². The van der Waals surface area contributed by atoms with E-state index in [1.54, 1.807) is 0 Å². The third-order valence-corrected chi connectivity index (χ3v) is 3.34. The Hall–Kier alpha value is -1.65. The number of nitrogens with two attached hydrogens (primary N) is 1. The summed E-state index contributed by atoms with van der Waals surface area (Å²) in [6.07, 6.45) is 3.86. The fourth-order valence-corrected chi connectivity index (χ4v) is 2.26. The number of hydrogen-bond acceptors (Lipinski definition) is 4. The summed E-state index contributed by atoms with van der Waals surface area (Å²) in [6.45, 7) is 6.13. The highest BCUT2D eigenvalue weighted by atomic mass is 16.1. The molecule has 1 aliphatic heterocycles. The van der Waals surface area contributed by atoms with E-state index >= 15 is 0 Å². The number of primary amides is 1. The molecule has 0 aliphatic carbocycles. The largest absolute Gasteiger partial charge is 0.364 e. The minimum atomic E-state index is -0.528. The molecular formula is C12H18N4O. The quantitative estimate of drug-likeness (QED) is 0.850. The van der Waals surface area contributed by atoms with Crippen molar-refractivity contribution in [3.8, 4) is 0 Å². The van der Waals surface area contributed by atoms with Gasteiger partial charge in [0.25, 0.3) is 5.91 Å². The first-order chi connectivity index (χ1) is 8.11. The summed E-state index contributed by atoms with van der Waals surface area (Å²) in [7, 11) is 0. The molecule has 1 aromatic heterocycles. The maximum absolute atomic E-state index is 11.0. The summed E-state index contributed by atoms with van der Waals surface area (Å²) in [5, 5.41) is 0. The van der Waals surface area contributed by atoms with Crippen LogP contribution in [0.2, 0.25) is 0 Å². The number of aromatic nitrogens is 2. The lowest BCUT2D eigenvalue weighted by Gasteiger charge is -2.18. The maximum Gasteiger partial charge on any atom is 0.268 e. The second kappa shape index (κ2) is 4.69. The molecule has 0 unspecified atom stereocenters. The van der Waals surface area contributed by atoms with Gasteiger partial charge in [-0.1, -0.05) is 13.3 Å². The molecule has 0 spiro atoms. The van der Waals surface area contributed by atoms with Gasteiger partial charge in [-0.3, -0.25) is 4.79 Å². The van der Waals surface area contributed by atoms with E-state index in [2.05, 4.69) is 21.8 Å². The topological polar surface area (TPSA) is 72.1 Å². The van der Waals surface area contributed by atoms with Crippen LogP contribution in [0.5, 0.6) is 0 Å². The highest BCUT2D eigenvalue weighted by molar-refractivity contribution is 5.90. The van der Waals surface area contributed by atoms with Crippen LogP contribution in [-0.2, 0) is 0 Å². The molecule has 0 radical (unpaired) electrons. The van der Waals surface area contributed by atoms with Crippen molar-refractivity contribution in [2.75, 3.05) is 18.0 Å². The molecule has 1 fully saturated rings. The molecular weight excluding hydrogens is 216 g/mol. The van der Waals surface area contributed by atoms with Crippen molar-refractivity contribution >= 4 is 11.7 Å². The van der Waals surface area contributed by atoms with Crippen molar-refractivity contribution in [3.63, 3.8) is 0 Å². The summed E-state index contributed by atoms with van der Waals surface area (Å²) in [6, 6.07) is 0. The van der Waals surface area contributed by atoms with E-state index in [1.165, 1.54) is 19.0 Å². The van der Waals surface area contributed by atoms with Gasteiger partial charge >= 0.3 is 0 Å². The Morgan fingerprint density at radius 1 is 1.65 bits per heavy atom. The highest BCUT2D eigenvalue weighted by Gasteiger charge is 2.23. The van der Waals surface area contributed by atoms with E-state index in [0.717, 1.165) is 30.5 Å². The predicted molar refractivity (Wildman–Crippen MR) is 65.9 cm³/mol. The fourth-order valence-electron chi connectivity index (χ4n) is 2.26. The Morgan fingerprint density at radius 3 is 2.94 bits per heavy atom. The van der Waals surface area contributed by atoms with E-state index in [-0.39, 0.29) is 5.69 Å². The maximum atomic E-state index is 11.0. The Kier molecular flexibility index (Phi) is 3.26. The minimum absolute atomic E-state index is 0.234. The van der Waals surface area contributed by atoms with Crippen LogP contribution in [-0.4, -0.2) is 29.0 Å². The first kappa shape index (κ1) is 11.8. The van der Waals surface area contributed by atoms with E-state index < -0.39 is 5.91 Å². The smallest absolute Gasteiger partial charge is 0.268 e. The van der Waals surface area contributed by atoms with Crippen LogP contribution in [0.4, 0.5) is 5.82 Å². The molecule has 0 bridgehead atoms. The number of carbonyl (C=O) groups excluding carboxylic acids is 1. The standard InChI is InChI=1S/C12H18N4O/c1-3-9-4-5-16(7-9)12-8(2)15-10(6-14-12)11(13)17/h6,9H,3-5,7H2,1-2H3,(H2,13,17)/t9-/m0/s1. The third kappa shape index (κ3) is 2.38. The second-order valence-corrected chi connectivity index (χ2v) is 4.54. The van der Waals surface area contributed by atoms with Crippen molar-refractivity contribution in [2.45, 2.75) is 26.7 Å². The number of nitrogens with zero attached hydrogens (tertiary/aromatic N) is 3. The van der Waals surface area contributed by atoms with Crippen molar-refractivity contribution in [3.05, 3.63) is 17.6 Å². The van der Waals surface area contributed by atoms with Gasteiger partial charge in [0, 0.05) is 13.1 Å². The van der Waals surface area contributed by atoms with Gasteiger partial charge in [0.1, 0.15) is 11.5 Å². The average Bonchev–Trinajstić information content (AvgIpc) is 2.77. The molecule has 1 aromatic rings. The van der Waals surface area contributed by atoms with Gasteiger partial charge in [0.05, 0.1) is 11.9 Å². The van der Waals surface area contributed by atoms with Gasteiger partial charge in [0.2, 0.25) is 0 Å². The van der Waals surface area contributed by atoms with Crippen LogP contribution in [0.25, 0.3) is 0 Å². The lowest BCUT2D eigenvalue weighted by Crippen LogP contribution is -2.23. The zero-order valence-electron chi connectivity index (χ0n) is 10.3. The normalized spacial score (nSPS) is 19.6. The van der Waals surface area contributed by atoms with Crippen LogP contribution in [0.3, 0.4) is 0 Å². The zero-order valence-corrected chi connectivity index (χ0v) is 10.3. The summed E-state index contributed by atoms with van der Waals surface area (Å²) >= 11 is 0. The molecule has 1 atom stereocenters. The fraction of sp³-hybridized carbons (Fsp3) is 0.583. The summed E-state index contributed by atoms with van der Waals surface area (Å²) in [5.74, 6) is 1.10. The number of amides is 1. The average molecular weight is 234 g/mol. The van der Waals surface area contributed by atoms with Gasteiger partial charge in [-0.15, -0.1) is 0 Å². The summed E-state index contributed by atoms with van der Waals surface area (Å²) in [4.78, 5) is 21.7. The molecule has 2 N–H and O–H groups in total. The Morgan fingerprint density at radius 2 is 2.41 bits per heavy atom. The summed E-state index contributed by atoms with van der Waals surface area (Å²) < 4.78 is 0. The second-order valence-electron chi connectivity index (χ2n) is 4.54. The molecule has 1 aliphatic rings. The van der Waals surface area contributed by atoms with Gasteiger partial charge in [0.15, 0.2) is 0 Å². The molecule has 17 heavy (non-hydrogen) atoms. The number of carbonyl (C=O) groups is 1. The number of rotatable bonds is 3. The number of hydrogen-bond donors (Lipinski definition) is 1. The molecule has 1 saturated heterocycles. The zero-order chi connectivity index (χ0) is 12.4. The van der Waals surface area contributed by atoms with Crippen molar-refractivity contribution in [1.29, 1.82) is 0 Å². The summed E-state index contributed by atoms with van der Waals surface area (Å²) in [5.41, 5.74) is 6.18. The van der Waals surface area contributed by atoms with Gasteiger partial charge in [-0.25, -0.2) is 9.97 Å². The number of aryl methyl sites for hydroxylation is 1. The lowest BCUT2D eigenvalue weighted by atomic mass is 10.1. The molecule has 92 valence electrons. The first-order valence-corrected chi connectivity index (χ1v) is 6.00. The van der Waals surface area contributed by atoms with Gasteiger partial charge < -0.3 is 10.6 Å². The monoisotopic (exact) mass is 234 g/mol. The van der Waals surface area contributed by atoms with E-state index in [0.29, 0.717) is 0 Å². The van der Waals surface area contributed by atoms with Crippen LogP contribution in [0, 0.1) is 12.8 Å². The van der Waals surface area contributed by atoms with Crippen LogP contribution >= 0.6 is 0 Å². The Bertz CT molecular complexity index is 433. The molecule has 0 aromatic carbocycles. The van der Waals surface area contributed by atoms with Crippen LogP contribution < -0.4 is 10.6 Å². The lowest BCUT2D eigenvalue weighted by molar-refractivity contribution is 0.0995. The Balaban J connectivity index is 2.20. The van der Waals surface area contributed by atoms with Crippen molar-refractivity contribution < 1.29 is 4.79 Å². The predicted octanol–water partition coefficient (Wildman–Crippen LogP) is 1.12. The SMILES string of the molecule is CC[C@H]1CCN(c2ncc(C(N)=O)nc2C)C1. The van der Waals surface area contributed by atoms with Crippen LogP contribution in [0.1, 0.15) is 35.9 Å².